The van der Waals surface area contributed by atoms with Gasteiger partial charge in [-0.1, -0.05) is 58.4 Å². The zero-order valence-corrected chi connectivity index (χ0v) is 14.7. The predicted octanol–water partition coefficient (Wildman–Crippen LogP) is 4.20. The number of halogens is 1. The summed E-state index contributed by atoms with van der Waals surface area (Å²) in [4.78, 5) is 23.1. The lowest BCUT2D eigenvalue weighted by Gasteiger charge is -2.18. The minimum absolute atomic E-state index is 0.129. The first kappa shape index (κ1) is 18.0. The summed E-state index contributed by atoms with van der Waals surface area (Å²) >= 11 is 3.42. The quantitative estimate of drug-likeness (QED) is 0.773. The molecule has 0 saturated heterocycles. The molecule has 24 heavy (non-hydrogen) atoms. The van der Waals surface area contributed by atoms with Crippen molar-refractivity contribution in [3.05, 3.63) is 69.7 Å². The van der Waals surface area contributed by atoms with E-state index in [0.717, 1.165) is 15.6 Å². The number of carboxylic acids is 1. The molecule has 0 bridgehead atoms. The van der Waals surface area contributed by atoms with Gasteiger partial charge in [0.05, 0.1) is 12.5 Å². The van der Waals surface area contributed by atoms with Crippen molar-refractivity contribution in [2.45, 2.75) is 26.0 Å². The fraction of sp³-hybridized carbons (Fsp3) is 0.222. The summed E-state index contributed by atoms with van der Waals surface area (Å²) in [6.07, 6.45) is -0.877. The zero-order valence-electron chi connectivity index (χ0n) is 13.2. The lowest BCUT2D eigenvalue weighted by molar-refractivity contribution is -0.137. The van der Waals surface area contributed by atoms with Gasteiger partial charge in [-0.25, -0.2) is 4.79 Å². The number of rotatable bonds is 6. The van der Waals surface area contributed by atoms with Crippen molar-refractivity contribution in [1.29, 1.82) is 0 Å². The summed E-state index contributed by atoms with van der Waals surface area (Å²) in [6, 6.07) is 14.1. The van der Waals surface area contributed by atoms with Gasteiger partial charge in [-0.3, -0.25) is 4.79 Å². The van der Waals surface area contributed by atoms with Crippen LogP contribution in [0.1, 0.15) is 29.2 Å². The van der Waals surface area contributed by atoms with E-state index in [0.29, 0.717) is 5.56 Å². The van der Waals surface area contributed by atoms with Crippen LogP contribution in [0.4, 0.5) is 4.79 Å². The van der Waals surface area contributed by atoms with Crippen molar-refractivity contribution in [3.63, 3.8) is 0 Å². The highest BCUT2D eigenvalue weighted by Gasteiger charge is 2.19. The Morgan fingerprint density at radius 2 is 1.92 bits per heavy atom. The molecule has 1 amide bonds. The van der Waals surface area contributed by atoms with Gasteiger partial charge in [0.15, 0.2) is 0 Å². The van der Waals surface area contributed by atoms with Gasteiger partial charge in [0.1, 0.15) is 6.61 Å². The van der Waals surface area contributed by atoms with E-state index in [1.807, 2.05) is 43.3 Å². The van der Waals surface area contributed by atoms with E-state index in [2.05, 4.69) is 21.2 Å². The van der Waals surface area contributed by atoms with Gasteiger partial charge >= 0.3 is 12.1 Å². The number of nitrogens with one attached hydrogen (secondary N) is 1. The first-order chi connectivity index (χ1) is 11.5. The van der Waals surface area contributed by atoms with E-state index in [1.165, 1.54) is 0 Å². The lowest BCUT2D eigenvalue weighted by atomic mass is 10.0. The highest BCUT2D eigenvalue weighted by Crippen LogP contribution is 2.24. The van der Waals surface area contributed by atoms with Gasteiger partial charge < -0.3 is 15.2 Å². The highest BCUT2D eigenvalue weighted by atomic mass is 79.9. The van der Waals surface area contributed by atoms with E-state index < -0.39 is 18.1 Å². The summed E-state index contributed by atoms with van der Waals surface area (Å²) < 4.78 is 6.02. The number of carbonyl (C=O) groups excluding carboxylic acids is 1. The molecule has 0 aliphatic rings. The average Bonchev–Trinajstić information content (AvgIpc) is 2.55. The molecule has 126 valence electrons. The Morgan fingerprint density at radius 3 is 2.54 bits per heavy atom. The van der Waals surface area contributed by atoms with E-state index in [9.17, 15) is 9.59 Å². The van der Waals surface area contributed by atoms with Gasteiger partial charge in [0.25, 0.3) is 0 Å². The molecule has 0 heterocycles. The number of benzene rings is 2. The molecule has 0 aromatic heterocycles. The van der Waals surface area contributed by atoms with Crippen LogP contribution in [-0.4, -0.2) is 17.2 Å². The second-order valence-corrected chi connectivity index (χ2v) is 6.22. The normalized spacial score (nSPS) is 11.6. The van der Waals surface area contributed by atoms with Crippen LogP contribution in [0.25, 0.3) is 0 Å². The molecule has 0 saturated carbocycles. The molecule has 0 aliphatic carbocycles. The van der Waals surface area contributed by atoms with Gasteiger partial charge in [0.2, 0.25) is 0 Å². The third-order valence-electron chi connectivity index (χ3n) is 3.48. The van der Waals surface area contributed by atoms with Gasteiger partial charge in [-0.15, -0.1) is 0 Å². The molecule has 0 radical (unpaired) electrons. The molecule has 0 aliphatic heterocycles. The van der Waals surface area contributed by atoms with Crippen LogP contribution in [0.15, 0.2) is 53.0 Å². The zero-order chi connectivity index (χ0) is 17.5. The summed E-state index contributed by atoms with van der Waals surface area (Å²) in [5, 5.41) is 11.7. The van der Waals surface area contributed by atoms with Crippen molar-refractivity contribution in [3.8, 4) is 0 Å². The topological polar surface area (TPSA) is 75.6 Å². The van der Waals surface area contributed by atoms with Gasteiger partial charge in [-0.2, -0.15) is 0 Å². The third-order valence-corrected chi connectivity index (χ3v) is 4.34. The molecule has 1 atom stereocenters. The largest absolute Gasteiger partial charge is 0.481 e. The number of amides is 1. The van der Waals surface area contributed by atoms with Gasteiger partial charge in [-0.05, 0) is 29.7 Å². The summed E-state index contributed by atoms with van der Waals surface area (Å²) in [5.41, 5.74) is 2.59. The van der Waals surface area contributed by atoms with Gasteiger partial charge in [0, 0.05) is 4.47 Å². The van der Waals surface area contributed by atoms with E-state index in [1.54, 1.807) is 12.1 Å². The molecular formula is C18H18BrNO4. The molecule has 0 spiro atoms. The molecular weight excluding hydrogens is 374 g/mol. The number of alkyl carbamates (subject to hydrolysis) is 1. The number of aliphatic carboxylic acids is 1. The Kier molecular flexibility index (Phi) is 6.37. The Bertz CT molecular complexity index is 718. The van der Waals surface area contributed by atoms with E-state index >= 15 is 0 Å². The predicted molar refractivity (Wildman–Crippen MR) is 93.6 cm³/mol. The minimum Gasteiger partial charge on any atom is -0.481 e. The number of ether oxygens (including phenoxy) is 1. The fourth-order valence-electron chi connectivity index (χ4n) is 2.16. The molecule has 5 nitrogen and oxygen atoms in total. The molecule has 0 fully saturated rings. The van der Waals surface area contributed by atoms with Crippen molar-refractivity contribution < 1.29 is 19.4 Å². The first-order valence-electron chi connectivity index (χ1n) is 7.41. The third kappa shape index (κ3) is 5.38. The molecule has 2 N–H and O–H groups in total. The SMILES string of the molecule is Cc1ccc(C(CC(=O)O)NC(=O)OCc2ccccc2)cc1Br. The number of carboxylic acid groups (broad SMARTS) is 1. The Balaban J connectivity index is 2.03. The van der Waals surface area contributed by atoms with Crippen LogP contribution in [0.3, 0.4) is 0 Å². The maximum absolute atomic E-state index is 12.0. The number of hydrogen-bond acceptors (Lipinski definition) is 3. The van der Waals surface area contributed by atoms with Crippen molar-refractivity contribution >= 4 is 28.0 Å². The monoisotopic (exact) mass is 391 g/mol. The minimum atomic E-state index is -1.000. The number of hydrogen-bond donors (Lipinski definition) is 2. The molecule has 2 rings (SSSR count). The highest BCUT2D eigenvalue weighted by molar-refractivity contribution is 9.10. The first-order valence-corrected chi connectivity index (χ1v) is 8.20. The van der Waals surface area contributed by atoms with Crippen LogP contribution in [0.5, 0.6) is 0 Å². The van der Waals surface area contributed by atoms with Crippen molar-refractivity contribution in [1.82, 2.24) is 5.32 Å². The fourth-order valence-corrected chi connectivity index (χ4v) is 2.56. The Hall–Kier alpha value is -2.34. The van der Waals surface area contributed by atoms with Crippen LogP contribution in [-0.2, 0) is 16.1 Å². The number of carbonyl (C=O) groups is 2. The standard InChI is InChI=1S/C18H18BrNO4/c1-12-7-8-14(9-15(12)19)16(10-17(21)22)20-18(23)24-11-13-5-3-2-4-6-13/h2-9,16H,10-11H2,1H3,(H,20,23)(H,21,22). The van der Waals surface area contributed by atoms with Crippen LogP contribution < -0.4 is 5.32 Å². The average molecular weight is 392 g/mol. The lowest BCUT2D eigenvalue weighted by Crippen LogP contribution is -2.30. The van der Waals surface area contributed by atoms with E-state index in [-0.39, 0.29) is 13.0 Å². The second-order valence-electron chi connectivity index (χ2n) is 5.37. The number of aryl methyl sites for hydroxylation is 1. The summed E-state index contributed by atoms with van der Waals surface area (Å²) in [7, 11) is 0. The molecule has 2 aromatic carbocycles. The summed E-state index contributed by atoms with van der Waals surface area (Å²) in [6.45, 7) is 2.06. The molecule has 2 aromatic rings. The van der Waals surface area contributed by atoms with Crippen molar-refractivity contribution in [2.24, 2.45) is 0 Å². The molecule has 6 heteroatoms. The van der Waals surface area contributed by atoms with Crippen LogP contribution in [0.2, 0.25) is 0 Å². The Morgan fingerprint density at radius 1 is 1.21 bits per heavy atom. The smallest absolute Gasteiger partial charge is 0.407 e. The maximum atomic E-state index is 12.0. The second kappa shape index (κ2) is 8.49. The van der Waals surface area contributed by atoms with Crippen LogP contribution >= 0.6 is 15.9 Å². The van der Waals surface area contributed by atoms with Crippen LogP contribution in [0, 0.1) is 6.92 Å². The van der Waals surface area contributed by atoms with Crippen molar-refractivity contribution in [2.75, 3.05) is 0 Å². The Labute approximate surface area is 148 Å². The van der Waals surface area contributed by atoms with E-state index in [4.69, 9.17) is 9.84 Å². The summed E-state index contributed by atoms with van der Waals surface area (Å²) in [5.74, 6) is -1.000. The maximum Gasteiger partial charge on any atom is 0.407 e. The molecule has 1 unspecified atom stereocenters.